The highest BCUT2D eigenvalue weighted by atomic mass is 35.5. The molecule has 2 aromatic carbocycles. The smallest absolute Gasteiger partial charge is 0.243 e. The number of hydrogen-bond donors (Lipinski definition) is 1. The summed E-state index contributed by atoms with van der Waals surface area (Å²) in [5.74, 6) is 0.774. The molecular formula is C20H19Cl2N3O. The first-order valence-electron chi connectivity index (χ1n) is 8.37. The van der Waals surface area contributed by atoms with Crippen LogP contribution in [-0.2, 0) is 17.8 Å². The molecule has 6 heteroatoms. The minimum absolute atomic E-state index is 0.165. The number of halogens is 2. The number of carbonyl (C=O) groups is 1. The fraction of sp³-hybridized carbons (Fsp3) is 0.200. The number of aryl methyl sites for hydroxylation is 1. The number of imidazole rings is 1. The number of fused-ring (bicyclic) bond motifs is 1. The predicted octanol–water partition coefficient (Wildman–Crippen LogP) is 4.63. The lowest BCUT2D eigenvalue weighted by Gasteiger charge is -2.12. The van der Waals surface area contributed by atoms with Crippen LogP contribution in [0.15, 0.2) is 55.1 Å². The summed E-state index contributed by atoms with van der Waals surface area (Å²) < 4.78 is 2.14. The Labute approximate surface area is 162 Å². The van der Waals surface area contributed by atoms with Gasteiger partial charge in [-0.1, -0.05) is 48.0 Å². The van der Waals surface area contributed by atoms with Crippen LogP contribution in [0, 0.1) is 0 Å². The van der Waals surface area contributed by atoms with E-state index in [1.807, 2.05) is 42.5 Å². The third-order valence-corrected chi connectivity index (χ3v) is 4.88. The quantitative estimate of drug-likeness (QED) is 0.474. The molecule has 1 amide bonds. The average Bonchev–Trinajstić information content (AvgIpc) is 2.99. The van der Waals surface area contributed by atoms with Gasteiger partial charge in [-0.3, -0.25) is 4.79 Å². The molecule has 0 bridgehead atoms. The third-order valence-electron chi connectivity index (χ3n) is 4.17. The number of carbonyl (C=O) groups excluding carboxylic acids is 1. The summed E-state index contributed by atoms with van der Waals surface area (Å²) in [6.45, 7) is 4.57. The van der Waals surface area contributed by atoms with Gasteiger partial charge in [-0.2, -0.15) is 0 Å². The monoisotopic (exact) mass is 387 g/mol. The van der Waals surface area contributed by atoms with E-state index < -0.39 is 0 Å². The van der Waals surface area contributed by atoms with Crippen LogP contribution in [0.5, 0.6) is 0 Å². The normalized spacial score (nSPS) is 10.8. The summed E-state index contributed by atoms with van der Waals surface area (Å²) in [5.41, 5.74) is 2.84. The Kier molecular flexibility index (Phi) is 5.96. The molecule has 0 atom stereocenters. The molecule has 0 spiro atoms. The molecule has 0 saturated carbocycles. The van der Waals surface area contributed by atoms with E-state index in [4.69, 9.17) is 28.2 Å². The zero-order chi connectivity index (χ0) is 18.5. The van der Waals surface area contributed by atoms with Crippen molar-refractivity contribution in [2.75, 3.05) is 6.54 Å². The van der Waals surface area contributed by atoms with Gasteiger partial charge in [0, 0.05) is 28.6 Å². The lowest BCUT2D eigenvalue weighted by Crippen LogP contribution is -2.22. The van der Waals surface area contributed by atoms with Gasteiger partial charge in [-0.05, 0) is 36.8 Å². The van der Waals surface area contributed by atoms with Gasteiger partial charge in [0.05, 0.1) is 17.6 Å². The minimum Gasteiger partial charge on any atom is -0.353 e. The number of para-hydroxylation sites is 2. The van der Waals surface area contributed by atoms with Crippen molar-refractivity contribution in [1.29, 1.82) is 0 Å². The van der Waals surface area contributed by atoms with Gasteiger partial charge in [0.15, 0.2) is 0 Å². The zero-order valence-electron chi connectivity index (χ0n) is 14.2. The molecule has 26 heavy (non-hydrogen) atoms. The van der Waals surface area contributed by atoms with Crippen molar-refractivity contribution in [1.82, 2.24) is 14.9 Å². The Bertz CT molecular complexity index is 929. The second-order valence-corrected chi connectivity index (χ2v) is 6.72. The first kappa shape index (κ1) is 18.5. The summed E-state index contributed by atoms with van der Waals surface area (Å²) in [5, 5.41) is 4.06. The Hall–Kier alpha value is -2.30. The zero-order valence-corrected chi connectivity index (χ0v) is 15.7. The van der Waals surface area contributed by atoms with Gasteiger partial charge in [-0.15, -0.1) is 0 Å². The Balaban J connectivity index is 1.87. The van der Waals surface area contributed by atoms with Crippen LogP contribution in [0.25, 0.3) is 11.0 Å². The summed E-state index contributed by atoms with van der Waals surface area (Å²) in [6.07, 6.45) is 2.78. The summed E-state index contributed by atoms with van der Waals surface area (Å²) in [7, 11) is 0. The highest BCUT2D eigenvalue weighted by molar-refractivity contribution is 6.36. The maximum atomic E-state index is 11.3. The van der Waals surface area contributed by atoms with Gasteiger partial charge in [0.1, 0.15) is 5.82 Å². The maximum Gasteiger partial charge on any atom is 0.243 e. The van der Waals surface area contributed by atoms with Crippen molar-refractivity contribution in [3.8, 4) is 0 Å². The van der Waals surface area contributed by atoms with Crippen molar-refractivity contribution < 1.29 is 4.79 Å². The predicted molar refractivity (Wildman–Crippen MR) is 107 cm³/mol. The van der Waals surface area contributed by atoms with E-state index in [0.717, 1.165) is 35.3 Å². The molecule has 4 nitrogen and oxygen atoms in total. The van der Waals surface area contributed by atoms with Gasteiger partial charge < -0.3 is 9.88 Å². The van der Waals surface area contributed by atoms with E-state index in [0.29, 0.717) is 23.1 Å². The molecule has 0 aliphatic carbocycles. The topological polar surface area (TPSA) is 46.9 Å². The maximum absolute atomic E-state index is 11.3. The second-order valence-electron chi connectivity index (χ2n) is 5.90. The van der Waals surface area contributed by atoms with Gasteiger partial charge in [0.25, 0.3) is 0 Å². The molecule has 0 unspecified atom stereocenters. The van der Waals surface area contributed by atoms with Crippen LogP contribution in [-0.4, -0.2) is 22.0 Å². The third kappa shape index (κ3) is 4.09. The lowest BCUT2D eigenvalue weighted by atomic mass is 10.2. The number of rotatable bonds is 7. The molecule has 1 heterocycles. The van der Waals surface area contributed by atoms with E-state index in [-0.39, 0.29) is 5.91 Å². The number of amides is 1. The number of aromatic nitrogens is 2. The summed E-state index contributed by atoms with van der Waals surface area (Å²) in [6, 6.07) is 13.5. The summed E-state index contributed by atoms with van der Waals surface area (Å²) in [4.78, 5) is 16.0. The highest BCUT2D eigenvalue weighted by Gasteiger charge is 2.14. The molecule has 0 radical (unpaired) electrons. The SMILES string of the molecule is C=CC(=O)NCCCc1nc2ccccc2n1Cc1c(Cl)cccc1Cl. The number of nitrogens with zero attached hydrogens (tertiary/aromatic N) is 2. The van der Waals surface area contributed by atoms with E-state index in [1.165, 1.54) is 6.08 Å². The molecule has 0 aliphatic heterocycles. The van der Waals surface area contributed by atoms with E-state index in [1.54, 1.807) is 0 Å². The molecular weight excluding hydrogens is 369 g/mol. The fourth-order valence-electron chi connectivity index (χ4n) is 2.86. The van der Waals surface area contributed by atoms with Crippen molar-refractivity contribution in [3.05, 3.63) is 76.6 Å². The van der Waals surface area contributed by atoms with Crippen LogP contribution < -0.4 is 5.32 Å². The number of hydrogen-bond acceptors (Lipinski definition) is 2. The van der Waals surface area contributed by atoms with Crippen molar-refractivity contribution in [2.45, 2.75) is 19.4 Å². The molecule has 0 aliphatic rings. The molecule has 134 valence electrons. The molecule has 0 saturated heterocycles. The number of benzene rings is 2. The molecule has 3 aromatic rings. The largest absolute Gasteiger partial charge is 0.353 e. The molecule has 1 N–H and O–H groups in total. The Morgan fingerprint density at radius 3 is 2.62 bits per heavy atom. The fourth-order valence-corrected chi connectivity index (χ4v) is 3.38. The molecule has 1 aromatic heterocycles. The first-order chi connectivity index (χ1) is 12.6. The lowest BCUT2D eigenvalue weighted by molar-refractivity contribution is -0.116. The summed E-state index contributed by atoms with van der Waals surface area (Å²) >= 11 is 12.7. The standard InChI is InChI=1S/C20H19Cl2N3O/c1-2-20(26)23-12-6-11-19-24-17-9-3-4-10-18(17)25(19)13-14-15(21)7-5-8-16(14)22/h2-5,7-10H,1,6,11-13H2,(H,23,26). The van der Waals surface area contributed by atoms with Gasteiger partial charge >= 0.3 is 0 Å². The number of nitrogens with one attached hydrogen (secondary N) is 1. The van der Waals surface area contributed by atoms with Crippen molar-refractivity contribution in [3.63, 3.8) is 0 Å². The minimum atomic E-state index is -0.165. The van der Waals surface area contributed by atoms with E-state index >= 15 is 0 Å². The molecule has 0 fully saturated rings. The highest BCUT2D eigenvalue weighted by Crippen LogP contribution is 2.27. The van der Waals surface area contributed by atoms with Crippen LogP contribution in [0.3, 0.4) is 0 Å². The van der Waals surface area contributed by atoms with Crippen molar-refractivity contribution >= 4 is 40.1 Å². The Morgan fingerprint density at radius 2 is 1.88 bits per heavy atom. The Morgan fingerprint density at radius 1 is 1.15 bits per heavy atom. The average molecular weight is 388 g/mol. The van der Waals surface area contributed by atoms with E-state index in [9.17, 15) is 4.79 Å². The van der Waals surface area contributed by atoms with Crippen LogP contribution >= 0.6 is 23.2 Å². The molecule has 3 rings (SSSR count). The van der Waals surface area contributed by atoms with Crippen LogP contribution in [0.2, 0.25) is 10.0 Å². The van der Waals surface area contributed by atoms with Crippen molar-refractivity contribution in [2.24, 2.45) is 0 Å². The van der Waals surface area contributed by atoms with Crippen LogP contribution in [0.4, 0.5) is 0 Å². The van der Waals surface area contributed by atoms with Crippen LogP contribution in [0.1, 0.15) is 17.8 Å². The van der Waals surface area contributed by atoms with Gasteiger partial charge in [-0.25, -0.2) is 4.98 Å². The first-order valence-corrected chi connectivity index (χ1v) is 9.13. The van der Waals surface area contributed by atoms with Gasteiger partial charge in [0.2, 0.25) is 5.91 Å². The van der Waals surface area contributed by atoms with E-state index in [2.05, 4.69) is 16.5 Å². The second kappa shape index (κ2) is 8.39.